The van der Waals surface area contributed by atoms with Gasteiger partial charge in [0.2, 0.25) is 0 Å². The van der Waals surface area contributed by atoms with Gasteiger partial charge in [0, 0.05) is 5.56 Å². The summed E-state index contributed by atoms with van der Waals surface area (Å²) in [6.07, 6.45) is -9.04. The van der Waals surface area contributed by atoms with Crippen LogP contribution in [-0.4, -0.2) is 58.3 Å². The Balaban J connectivity index is 3.22. The van der Waals surface area contributed by atoms with E-state index < -0.39 is 41.7 Å². The Morgan fingerprint density at radius 1 is 0.844 bits per heavy atom. The largest absolute Gasteiger partial charge is 0.478 e. The molecule has 1 aromatic rings. The molecule has 0 atom stereocenters. The first-order chi connectivity index (χ1) is 14.7. The summed E-state index contributed by atoms with van der Waals surface area (Å²) in [6.45, 7) is -1.48. The molecule has 0 bridgehead atoms. The molecular weight excluding hydrogens is 486 g/mol. The van der Waals surface area contributed by atoms with E-state index >= 15 is 0 Å². The minimum atomic E-state index is -4.53. The molecule has 0 aliphatic heterocycles. The number of carbonyl (C=O) groups is 1. The zero-order valence-electron chi connectivity index (χ0n) is 16.0. The van der Waals surface area contributed by atoms with E-state index in [1.807, 2.05) is 10.6 Å². The Morgan fingerprint density at radius 2 is 1.25 bits per heavy atom. The lowest BCUT2D eigenvalue weighted by Crippen LogP contribution is -2.31. The van der Waals surface area contributed by atoms with Crippen molar-refractivity contribution in [3.05, 3.63) is 35.4 Å². The highest BCUT2D eigenvalue weighted by atomic mass is 32.1. The molecule has 0 saturated heterocycles. The SMILES string of the molecule is CC(=N\N=C(/S)NCC(F)(F)F)/C(=N/N=C(\S)NCC(F)(F)F)c1ccc(C(=O)O)cc1. The van der Waals surface area contributed by atoms with Crippen LogP contribution in [0.1, 0.15) is 22.8 Å². The van der Waals surface area contributed by atoms with Crippen molar-refractivity contribution in [2.45, 2.75) is 19.3 Å². The lowest BCUT2D eigenvalue weighted by Gasteiger charge is -2.08. The molecule has 8 nitrogen and oxygen atoms in total. The molecule has 0 saturated carbocycles. The summed E-state index contributed by atoms with van der Waals surface area (Å²) >= 11 is 7.46. The molecule has 176 valence electrons. The van der Waals surface area contributed by atoms with Crippen LogP contribution in [0, 0.1) is 0 Å². The first-order valence-corrected chi connectivity index (χ1v) is 9.18. The zero-order chi connectivity index (χ0) is 24.5. The third kappa shape index (κ3) is 11.0. The maximum absolute atomic E-state index is 12.3. The third-order valence-corrected chi connectivity index (χ3v) is 3.68. The van der Waals surface area contributed by atoms with Crippen molar-refractivity contribution in [2.24, 2.45) is 20.4 Å². The van der Waals surface area contributed by atoms with Crippen LogP contribution in [0.15, 0.2) is 44.7 Å². The second kappa shape index (κ2) is 11.8. The molecule has 0 amide bonds. The topological polar surface area (TPSA) is 111 Å². The van der Waals surface area contributed by atoms with Gasteiger partial charge in [0.25, 0.3) is 0 Å². The fraction of sp³-hybridized carbons (Fsp3) is 0.312. The van der Waals surface area contributed by atoms with Gasteiger partial charge in [-0.25, -0.2) is 4.79 Å². The number of alkyl halides is 6. The van der Waals surface area contributed by atoms with Gasteiger partial charge in [-0.3, -0.25) is 0 Å². The molecule has 1 rings (SSSR count). The molecular formula is C16H16F6N6O2S2. The molecule has 0 aliphatic rings. The highest BCUT2D eigenvalue weighted by Crippen LogP contribution is 2.13. The van der Waals surface area contributed by atoms with Crippen LogP contribution in [-0.2, 0) is 0 Å². The number of hydrogen-bond acceptors (Lipinski definition) is 5. The Hall–Kier alpha value is -2.75. The summed E-state index contributed by atoms with van der Waals surface area (Å²) in [6, 6.07) is 5.11. The van der Waals surface area contributed by atoms with Crippen molar-refractivity contribution in [1.29, 1.82) is 0 Å². The minimum absolute atomic E-state index is 0.0193. The van der Waals surface area contributed by atoms with Crippen molar-refractivity contribution in [3.63, 3.8) is 0 Å². The molecule has 32 heavy (non-hydrogen) atoms. The number of thiol groups is 2. The Morgan fingerprint density at radius 3 is 1.66 bits per heavy atom. The van der Waals surface area contributed by atoms with Gasteiger partial charge in [0.1, 0.15) is 18.8 Å². The maximum atomic E-state index is 12.3. The van der Waals surface area contributed by atoms with E-state index in [2.05, 4.69) is 45.7 Å². The molecule has 1 aromatic carbocycles. The Kier molecular flexibility index (Phi) is 10.0. The monoisotopic (exact) mass is 502 g/mol. The predicted octanol–water partition coefficient (Wildman–Crippen LogP) is 3.34. The van der Waals surface area contributed by atoms with Crippen LogP contribution >= 0.6 is 25.3 Å². The second-order valence-corrected chi connectivity index (χ2v) is 6.65. The number of benzene rings is 1. The summed E-state index contributed by atoms with van der Waals surface area (Å²) in [5.41, 5.74) is 0.105. The van der Waals surface area contributed by atoms with E-state index in [1.165, 1.54) is 31.2 Å². The normalized spacial score (nSPS) is 14.4. The van der Waals surface area contributed by atoms with E-state index in [0.29, 0.717) is 0 Å². The number of nitrogens with one attached hydrogen (secondary N) is 2. The number of carboxylic acid groups (broad SMARTS) is 1. The van der Waals surface area contributed by atoms with Gasteiger partial charge in [-0.1, -0.05) is 12.1 Å². The van der Waals surface area contributed by atoms with E-state index in [-0.39, 0.29) is 22.6 Å². The quantitative estimate of drug-likeness (QED) is 0.130. The Bertz CT molecular complexity index is 926. The number of carboxylic acids is 1. The van der Waals surface area contributed by atoms with Gasteiger partial charge < -0.3 is 15.7 Å². The molecule has 16 heteroatoms. The predicted molar refractivity (Wildman–Crippen MR) is 114 cm³/mol. The first-order valence-electron chi connectivity index (χ1n) is 8.29. The van der Waals surface area contributed by atoms with Gasteiger partial charge in [-0.2, -0.15) is 31.4 Å². The molecule has 0 unspecified atom stereocenters. The smallest absolute Gasteiger partial charge is 0.405 e. The molecule has 3 N–H and O–H groups in total. The third-order valence-electron chi connectivity index (χ3n) is 3.18. The van der Waals surface area contributed by atoms with Gasteiger partial charge >= 0.3 is 18.3 Å². The van der Waals surface area contributed by atoms with Crippen molar-refractivity contribution in [3.8, 4) is 0 Å². The van der Waals surface area contributed by atoms with Gasteiger partial charge in [0.15, 0.2) is 10.3 Å². The van der Waals surface area contributed by atoms with Crippen LogP contribution in [0.4, 0.5) is 26.3 Å². The molecule has 0 radical (unpaired) electrons. The van der Waals surface area contributed by atoms with E-state index in [1.54, 1.807) is 0 Å². The van der Waals surface area contributed by atoms with Crippen LogP contribution < -0.4 is 10.6 Å². The summed E-state index contributed by atoms with van der Waals surface area (Å²) in [7, 11) is 0. The standard InChI is InChI=1S/C16H16F6N6O2S2/c1-8(25-27-13(31)23-6-15(17,18)19)11(9-2-4-10(5-3-9)12(29)30)26-28-14(32)24-7-16(20,21)22/h2-5H,6-7H2,1H3,(H,29,30)(H2,23,27,31)(H2,24,28,32)/b25-8+,26-11-. The lowest BCUT2D eigenvalue weighted by atomic mass is 10.0. The summed E-state index contributed by atoms with van der Waals surface area (Å²) in [5, 5.41) is 26.2. The van der Waals surface area contributed by atoms with E-state index in [4.69, 9.17) is 5.11 Å². The van der Waals surface area contributed by atoms with Crippen LogP contribution in [0.25, 0.3) is 0 Å². The second-order valence-electron chi connectivity index (χ2n) is 5.80. The van der Waals surface area contributed by atoms with Crippen molar-refractivity contribution in [1.82, 2.24) is 10.6 Å². The average Bonchev–Trinajstić information content (AvgIpc) is 2.68. The van der Waals surface area contributed by atoms with Crippen molar-refractivity contribution >= 4 is 53.0 Å². The van der Waals surface area contributed by atoms with Gasteiger partial charge in [-0.05, 0) is 19.1 Å². The average molecular weight is 502 g/mol. The molecule has 0 aromatic heterocycles. The highest BCUT2D eigenvalue weighted by Gasteiger charge is 2.27. The summed E-state index contributed by atoms with van der Waals surface area (Å²) in [5.74, 6) is -1.20. The van der Waals surface area contributed by atoms with Crippen LogP contribution in [0.5, 0.6) is 0 Å². The summed E-state index contributed by atoms with van der Waals surface area (Å²) < 4.78 is 73.5. The summed E-state index contributed by atoms with van der Waals surface area (Å²) in [4.78, 5) is 11.0. The fourth-order valence-corrected chi connectivity index (χ4v) is 2.05. The number of hydrogen-bond donors (Lipinski definition) is 5. The number of nitrogens with zero attached hydrogens (tertiary/aromatic N) is 4. The fourth-order valence-electron chi connectivity index (χ4n) is 1.81. The minimum Gasteiger partial charge on any atom is -0.478 e. The lowest BCUT2D eigenvalue weighted by molar-refractivity contribution is -0.122. The van der Waals surface area contributed by atoms with Gasteiger partial charge in [0.05, 0.1) is 11.3 Å². The van der Waals surface area contributed by atoms with Crippen LogP contribution in [0.3, 0.4) is 0 Å². The molecule has 0 aliphatic carbocycles. The number of rotatable bonds is 7. The maximum Gasteiger partial charge on any atom is 0.405 e. The molecule has 0 fully saturated rings. The van der Waals surface area contributed by atoms with Crippen LogP contribution in [0.2, 0.25) is 0 Å². The number of aromatic carboxylic acids is 1. The molecule has 0 heterocycles. The Labute approximate surface area is 188 Å². The van der Waals surface area contributed by atoms with E-state index in [0.717, 1.165) is 0 Å². The zero-order valence-corrected chi connectivity index (χ0v) is 17.8. The van der Waals surface area contributed by atoms with Crippen molar-refractivity contribution < 1.29 is 36.2 Å². The number of amidine groups is 2. The number of halogens is 6. The highest BCUT2D eigenvalue weighted by molar-refractivity contribution is 7.97. The molecule has 0 spiro atoms. The van der Waals surface area contributed by atoms with Gasteiger partial charge in [-0.15, -0.1) is 40.6 Å². The van der Waals surface area contributed by atoms with Crippen molar-refractivity contribution in [2.75, 3.05) is 13.1 Å². The first kappa shape index (κ1) is 27.3. The van der Waals surface area contributed by atoms with E-state index in [9.17, 15) is 31.1 Å².